The smallest absolute Gasteiger partial charge is 0.302 e. The van der Waals surface area contributed by atoms with E-state index < -0.39 is 0 Å². The molecule has 28 heavy (non-hydrogen) atoms. The van der Waals surface area contributed by atoms with Crippen LogP contribution < -0.4 is 0 Å². The molecule has 3 nitrogen and oxygen atoms in total. The number of aldehydes is 1. The van der Waals surface area contributed by atoms with E-state index in [0.29, 0.717) is 22.7 Å². The van der Waals surface area contributed by atoms with Crippen LogP contribution in [0, 0.1) is 40.4 Å². The first-order valence-electron chi connectivity index (χ1n) is 11.6. The van der Waals surface area contributed by atoms with Crippen LogP contribution in [0.15, 0.2) is 11.6 Å². The van der Waals surface area contributed by atoms with E-state index in [9.17, 15) is 9.59 Å². The number of ether oxygens (including phenoxy) is 1. The van der Waals surface area contributed by atoms with Crippen LogP contribution in [-0.2, 0) is 14.3 Å². The topological polar surface area (TPSA) is 43.4 Å². The molecule has 0 aliphatic heterocycles. The highest BCUT2D eigenvalue weighted by Gasteiger charge is 2.59. The van der Waals surface area contributed by atoms with Crippen molar-refractivity contribution < 1.29 is 14.3 Å². The lowest BCUT2D eigenvalue weighted by Gasteiger charge is -2.58. The Bertz CT molecular complexity index is 667. The summed E-state index contributed by atoms with van der Waals surface area (Å²) in [4.78, 5) is 22.5. The van der Waals surface area contributed by atoms with Crippen LogP contribution >= 0.6 is 0 Å². The first-order valence-corrected chi connectivity index (χ1v) is 11.6. The van der Waals surface area contributed by atoms with Crippen molar-refractivity contribution in [1.29, 1.82) is 0 Å². The lowest BCUT2D eigenvalue weighted by atomic mass is 9.47. The van der Waals surface area contributed by atoms with Crippen LogP contribution in [0.25, 0.3) is 0 Å². The Balaban J connectivity index is 1.55. The van der Waals surface area contributed by atoms with Crippen LogP contribution in [0.3, 0.4) is 0 Å². The predicted molar refractivity (Wildman–Crippen MR) is 111 cm³/mol. The standard InChI is InChI=1S/C25H38O3/c1-16(11-14-26)21-7-8-22-20-6-5-18-15-19(28-17(2)27)9-12-24(18,3)23(20)10-13-25(21,22)4/h5,14,16,19-23H,6-13,15H2,1-4H3/t16-,19+,20?,21-,22?,23?,24+,25-/m1/s1. The molecule has 0 aromatic heterocycles. The van der Waals surface area contributed by atoms with Crippen LogP contribution in [0.4, 0.5) is 0 Å². The molecule has 0 amide bonds. The molecule has 0 bridgehead atoms. The molecule has 4 aliphatic carbocycles. The third-order valence-corrected chi connectivity index (χ3v) is 9.62. The van der Waals surface area contributed by atoms with Gasteiger partial charge in [-0.2, -0.15) is 0 Å². The third kappa shape index (κ3) is 3.08. The van der Waals surface area contributed by atoms with E-state index in [0.717, 1.165) is 49.7 Å². The summed E-state index contributed by atoms with van der Waals surface area (Å²) in [6, 6.07) is 0. The van der Waals surface area contributed by atoms with Gasteiger partial charge < -0.3 is 9.53 Å². The van der Waals surface area contributed by atoms with Crippen molar-refractivity contribution in [3.63, 3.8) is 0 Å². The summed E-state index contributed by atoms with van der Waals surface area (Å²) in [6.07, 6.45) is 14.1. The zero-order valence-corrected chi connectivity index (χ0v) is 18.2. The Morgan fingerprint density at radius 3 is 2.71 bits per heavy atom. The second kappa shape index (κ2) is 7.29. The Morgan fingerprint density at radius 2 is 2.00 bits per heavy atom. The summed E-state index contributed by atoms with van der Waals surface area (Å²) < 4.78 is 5.56. The second-order valence-electron chi connectivity index (χ2n) is 10.8. The number of carbonyl (C=O) groups is 2. The van der Waals surface area contributed by atoms with E-state index in [2.05, 4.69) is 26.8 Å². The molecule has 3 fully saturated rings. The zero-order valence-electron chi connectivity index (χ0n) is 18.2. The minimum atomic E-state index is -0.141. The average Bonchev–Trinajstić information content (AvgIpc) is 2.99. The average molecular weight is 387 g/mol. The zero-order chi connectivity index (χ0) is 20.1. The summed E-state index contributed by atoms with van der Waals surface area (Å²) in [7, 11) is 0. The first-order chi connectivity index (χ1) is 13.3. The molecule has 0 aromatic carbocycles. The summed E-state index contributed by atoms with van der Waals surface area (Å²) in [5.41, 5.74) is 2.28. The van der Waals surface area contributed by atoms with E-state index in [1.165, 1.54) is 39.0 Å². The molecular formula is C25H38O3. The van der Waals surface area contributed by atoms with Crippen molar-refractivity contribution in [3.05, 3.63) is 11.6 Å². The van der Waals surface area contributed by atoms with Gasteiger partial charge in [-0.05, 0) is 85.4 Å². The third-order valence-electron chi connectivity index (χ3n) is 9.62. The van der Waals surface area contributed by atoms with Crippen molar-refractivity contribution in [2.75, 3.05) is 0 Å². The van der Waals surface area contributed by atoms with Crippen molar-refractivity contribution in [3.8, 4) is 0 Å². The monoisotopic (exact) mass is 386 g/mol. The number of fused-ring (bicyclic) bond motifs is 5. The highest BCUT2D eigenvalue weighted by Crippen LogP contribution is 2.67. The molecule has 0 spiro atoms. The van der Waals surface area contributed by atoms with Crippen LogP contribution in [0.5, 0.6) is 0 Å². The summed E-state index contributed by atoms with van der Waals surface area (Å²) >= 11 is 0. The number of hydrogen-bond donors (Lipinski definition) is 0. The fourth-order valence-corrected chi connectivity index (χ4v) is 8.25. The SMILES string of the molecule is CC(=O)O[C@H]1CC[C@@]2(C)C(=CCC3C2CC[C@@]2(C)C3CC[C@@H]2[C@H](C)CC=O)C1. The van der Waals surface area contributed by atoms with Gasteiger partial charge in [0.1, 0.15) is 12.4 Å². The van der Waals surface area contributed by atoms with Crippen LogP contribution in [0.2, 0.25) is 0 Å². The van der Waals surface area contributed by atoms with Gasteiger partial charge in [-0.25, -0.2) is 0 Å². The van der Waals surface area contributed by atoms with Gasteiger partial charge in [0.25, 0.3) is 0 Å². The molecule has 8 atom stereocenters. The van der Waals surface area contributed by atoms with Crippen molar-refractivity contribution in [2.24, 2.45) is 40.4 Å². The normalized spacial score (nSPS) is 45.9. The lowest BCUT2D eigenvalue weighted by molar-refractivity contribution is -0.148. The molecular weight excluding hydrogens is 348 g/mol. The largest absolute Gasteiger partial charge is 0.462 e. The summed E-state index contributed by atoms with van der Waals surface area (Å²) in [5, 5.41) is 0. The van der Waals surface area contributed by atoms with Crippen molar-refractivity contribution in [2.45, 2.75) is 91.6 Å². The fourth-order valence-electron chi connectivity index (χ4n) is 8.25. The number of hydrogen-bond acceptors (Lipinski definition) is 3. The summed E-state index contributed by atoms with van der Waals surface area (Å²) in [6.45, 7) is 8.88. The van der Waals surface area contributed by atoms with Gasteiger partial charge in [0.15, 0.2) is 0 Å². The molecule has 0 radical (unpaired) electrons. The lowest BCUT2D eigenvalue weighted by Crippen LogP contribution is -2.51. The van der Waals surface area contributed by atoms with Crippen molar-refractivity contribution in [1.82, 2.24) is 0 Å². The van der Waals surface area contributed by atoms with Crippen LogP contribution in [-0.4, -0.2) is 18.4 Å². The second-order valence-corrected chi connectivity index (χ2v) is 10.8. The van der Waals surface area contributed by atoms with Gasteiger partial charge in [0.05, 0.1) is 0 Å². The number of carbonyl (C=O) groups excluding carboxylic acids is 2. The Labute approximate surface area is 170 Å². The quantitative estimate of drug-likeness (QED) is 0.352. The van der Waals surface area contributed by atoms with Gasteiger partial charge in [0.2, 0.25) is 0 Å². The Morgan fingerprint density at radius 1 is 1.21 bits per heavy atom. The van der Waals surface area contributed by atoms with Crippen molar-refractivity contribution >= 4 is 12.3 Å². The molecule has 3 saturated carbocycles. The maximum Gasteiger partial charge on any atom is 0.302 e. The highest BCUT2D eigenvalue weighted by atomic mass is 16.5. The number of rotatable bonds is 4. The maximum atomic E-state index is 11.4. The molecule has 3 heteroatoms. The molecule has 0 N–H and O–H groups in total. The summed E-state index contributed by atoms with van der Waals surface area (Å²) in [5.74, 6) is 3.48. The molecule has 156 valence electrons. The van der Waals surface area contributed by atoms with Gasteiger partial charge in [-0.1, -0.05) is 32.4 Å². The van der Waals surface area contributed by atoms with Gasteiger partial charge >= 0.3 is 5.97 Å². The van der Waals surface area contributed by atoms with Crippen LogP contribution in [0.1, 0.15) is 85.5 Å². The molecule has 4 rings (SSSR count). The molecule has 3 unspecified atom stereocenters. The molecule has 4 aliphatic rings. The number of allylic oxidation sites excluding steroid dienone is 1. The predicted octanol–water partition coefficient (Wildman–Crippen LogP) is 5.72. The van der Waals surface area contributed by atoms with E-state index >= 15 is 0 Å². The Kier molecular flexibility index (Phi) is 5.25. The highest BCUT2D eigenvalue weighted by molar-refractivity contribution is 5.66. The maximum absolute atomic E-state index is 11.4. The molecule has 0 heterocycles. The fraction of sp³-hybridized carbons (Fsp3) is 0.840. The minimum absolute atomic E-state index is 0.0854. The molecule has 0 aromatic rings. The van der Waals surface area contributed by atoms with E-state index in [1.807, 2.05) is 0 Å². The first kappa shape index (κ1) is 20.2. The minimum Gasteiger partial charge on any atom is -0.462 e. The van der Waals surface area contributed by atoms with Gasteiger partial charge in [0, 0.05) is 19.8 Å². The van der Waals surface area contributed by atoms with E-state index in [4.69, 9.17) is 4.74 Å². The number of esters is 1. The van der Waals surface area contributed by atoms with E-state index in [1.54, 1.807) is 5.57 Å². The van der Waals surface area contributed by atoms with Gasteiger partial charge in [-0.3, -0.25) is 4.79 Å². The van der Waals surface area contributed by atoms with E-state index in [-0.39, 0.29) is 12.1 Å². The van der Waals surface area contributed by atoms with Gasteiger partial charge in [-0.15, -0.1) is 0 Å². The Hall–Kier alpha value is -1.12. The molecule has 0 saturated heterocycles.